The Labute approximate surface area is 92.0 Å². The number of nitrogens with one attached hydrogen (secondary N) is 1. The largest absolute Gasteiger partial charge is 0.487 e. The fraction of sp³-hybridized carbons (Fsp3) is 0.100. The molecule has 1 aromatic carbocycles. The molecule has 1 heterocycles. The molecule has 1 aromatic heterocycles. The predicted molar refractivity (Wildman–Crippen MR) is 58.8 cm³/mol. The van der Waals surface area contributed by atoms with Crippen LogP contribution in [0.5, 0.6) is 5.75 Å². The standard InChI is InChI=1S/C10H10ClN3O/c11-7-2-1-3-9(4-7)15-6-8-5-13-10(12)14-8/h1-5H,6H2,(H3,12,13,14). The number of ether oxygens (including phenoxy) is 1. The number of halogens is 1. The van der Waals surface area contributed by atoms with Crippen LogP contribution in [0, 0.1) is 0 Å². The van der Waals surface area contributed by atoms with E-state index >= 15 is 0 Å². The molecule has 5 heteroatoms. The van der Waals surface area contributed by atoms with Gasteiger partial charge in [0.1, 0.15) is 12.4 Å². The normalized spacial score (nSPS) is 10.2. The van der Waals surface area contributed by atoms with E-state index in [0.29, 0.717) is 17.6 Å². The van der Waals surface area contributed by atoms with Gasteiger partial charge in [-0.25, -0.2) is 4.98 Å². The van der Waals surface area contributed by atoms with Gasteiger partial charge in [-0.3, -0.25) is 0 Å². The van der Waals surface area contributed by atoms with Gasteiger partial charge >= 0.3 is 0 Å². The summed E-state index contributed by atoms with van der Waals surface area (Å²) < 4.78 is 5.47. The first-order valence-electron chi connectivity index (χ1n) is 4.42. The molecule has 78 valence electrons. The van der Waals surface area contributed by atoms with Crippen molar-refractivity contribution in [2.45, 2.75) is 6.61 Å². The van der Waals surface area contributed by atoms with Crippen molar-refractivity contribution in [3.8, 4) is 5.75 Å². The van der Waals surface area contributed by atoms with Gasteiger partial charge in [0.15, 0.2) is 5.95 Å². The quantitative estimate of drug-likeness (QED) is 0.839. The summed E-state index contributed by atoms with van der Waals surface area (Å²) in [4.78, 5) is 6.73. The summed E-state index contributed by atoms with van der Waals surface area (Å²) in [5.74, 6) is 1.11. The number of hydrogen-bond acceptors (Lipinski definition) is 3. The fourth-order valence-corrected chi connectivity index (χ4v) is 1.35. The average molecular weight is 224 g/mol. The van der Waals surface area contributed by atoms with E-state index in [0.717, 1.165) is 11.4 Å². The first-order valence-corrected chi connectivity index (χ1v) is 4.79. The molecular weight excluding hydrogens is 214 g/mol. The highest BCUT2D eigenvalue weighted by Crippen LogP contribution is 2.18. The highest BCUT2D eigenvalue weighted by Gasteiger charge is 1.99. The maximum absolute atomic E-state index is 5.81. The van der Waals surface area contributed by atoms with Crippen LogP contribution in [0.1, 0.15) is 5.69 Å². The summed E-state index contributed by atoms with van der Waals surface area (Å²) >= 11 is 5.81. The van der Waals surface area contributed by atoms with Crippen molar-refractivity contribution in [2.75, 3.05) is 5.73 Å². The van der Waals surface area contributed by atoms with Crippen LogP contribution in [-0.2, 0) is 6.61 Å². The van der Waals surface area contributed by atoms with Crippen molar-refractivity contribution in [1.29, 1.82) is 0 Å². The third-order valence-electron chi connectivity index (χ3n) is 1.84. The monoisotopic (exact) mass is 223 g/mol. The van der Waals surface area contributed by atoms with Gasteiger partial charge in [0.05, 0.1) is 11.9 Å². The van der Waals surface area contributed by atoms with Gasteiger partial charge in [-0.15, -0.1) is 0 Å². The van der Waals surface area contributed by atoms with Crippen LogP contribution in [0.15, 0.2) is 30.5 Å². The molecule has 0 amide bonds. The number of rotatable bonds is 3. The number of H-pyrrole nitrogens is 1. The lowest BCUT2D eigenvalue weighted by atomic mass is 10.3. The molecule has 0 aliphatic carbocycles. The van der Waals surface area contributed by atoms with Gasteiger partial charge in [-0.2, -0.15) is 0 Å². The molecule has 0 unspecified atom stereocenters. The average Bonchev–Trinajstić information content (AvgIpc) is 2.62. The second kappa shape index (κ2) is 4.23. The first kappa shape index (κ1) is 9.86. The highest BCUT2D eigenvalue weighted by atomic mass is 35.5. The fourth-order valence-electron chi connectivity index (χ4n) is 1.17. The Morgan fingerprint density at radius 2 is 2.33 bits per heavy atom. The van der Waals surface area contributed by atoms with Crippen LogP contribution in [0.2, 0.25) is 5.02 Å². The molecular formula is C10H10ClN3O. The van der Waals surface area contributed by atoms with Gasteiger partial charge < -0.3 is 15.5 Å². The second-order valence-electron chi connectivity index (χ2n) is 3.04. The molecule has 0 radical (unpaired) electrons. The van der Waals surface area contributed by atoms with E-state index in [1.807, 2.05) is 12.1 Å². The third-order valence-corrected chi connectivity index (χ3v) is 2.07. The zero-order valence-electron chi connectivity index (χ0n) is 7.90. The van der Waals surface area contributed by atoms with E-state index < -0.39 is 0 Å². The van der Waals surface area contributed by atoms with E-state index in [1.165, 1.54) is 0 Å². The highest BCUT2D eigenvalue weighted by molar-refractivity contribution is 6.30. The zero-order chi connectivity index (χ0) is 10.7. The van der Waals surface area contributed by atoms with Gasteiger partial charge in [-0.05, 0) is 18.2 Å². The lowest BCUT2D eigenvalue weighted by Crippen LogP contribution is -1.96. The number of nitrogen functional groups attached to an aromatic ring is 1. The summed E-state index contributed by atoms with van der Waals surface area (Å²) in [5, 5.41) is 0.650. The smallest absolute Gasteiger partial charge is 0.197 e. The Kier molecular flexibility index (Phi) is 2.78. The molecule has 3 N–H and O–H groups in total. The van der Waals surface area contributed by atoms with Crippen molar-refractivity contribution < 1.29 is 4.74 Å². The van der Waals surface area contributed by atoms with Crippen molar-refractivity contribution in [2.24, 2.45) is 0 Å². The molecule has 2 rings (SSSR count). The van der Waals surface area contributed by atoms with E-state index in [9.17, 15) is 0 Å². The molecule has 4 nitrogen and oxygen atoms in total. The molecule has 0 atom stereocenters. The van der Waals surface area contributed by atoms with Crippen LogP contribution in [-0.4, -0.2) is 9.97 Å². The molecule has 0 saturated heterocycles. The minimum absolute atomic E-state index is 0.389. The van der Waals surface area contributed by atoms with Gasteiger partial charge in [-0.1, -0.05) is 17.7 Å². The van der Waals surface area contributed by atoms with E-state index in [1.54, 1.807) is 18.3 Å². The third kappa shape index (κ3) is 2.63. The maximum atomic E-state index is 5.81. The number of benzene rings is 1. The predicted octanol–water partition coefficient (Wildman–Crippen LogP) is 2.22. The minimum atomic E-state index is 0.389. The van der Waals surface area contributed by atoms with Crippen LogP contribution in [0.3, 0.4) is 0 Å². The van der Waals surface area contributed by atoms with Crippen molar-refractivity contribution >= 4 is 17.5 Å². The number of anilines is 1. The number of nitrogens with zero attached hydrogens (tertiary/aromatic N) is 1. The SMILES string of the molecule is Nc1ncc(COc2cccc(Cl)c2)[nH]1. The minimum Gasteiger partial charge on any atom is -0.487 e. The van der Waals surface area contributed by atoms with E-state index in [2.05, 4.69) is 9.97 Å². The Hall–Kier alpha value is -1.68. The summed E-state index contributed by atoms with van der Waals surface area (Å²) in [6, 6.07) is 7.22. The summed E-state index contributed by atoms with van der Waals surface area (Å²) in [6.45, 7) is 0.393. The van der Waals surface area contributed by atoms with E-state index in [4.69, 9.17) is 22.1 Å². The lowest BCUT2D eigenvalue weighted by molar-refractivity contribution is 0.302. The van der Waals surface area contributed by atoms with Crippen LogP contribution in [0.25, 0.3) is 0 Å². The van der Waals surface area contributed by atoms with Gasteiger partial charge in [0.25, 0.3) is 0 Å². The number of nitrogens with two attached hydrogens (primary N) is 1. The molecule has 15 heavy (non-hydrogen) atoms. The molecule has 2 aromatic rings. The molecule has 0 aliphatic heterocycles. The summed E-state index contributed by atoms with van der Waals surface area (Å²) in [6.07, 6.45) is 1.64. The van der Waals surface area contributed by atoms with Gasteiger partial charge in [0, 0.05) is 5.02 Å². The molecule has 0 saturated carbocycles. The molecule has 0 bridgehead atoms. The first-order chi connectivity index (χ1) is 7.24. The van der Waals surface area contributed by atoms with Crippen LogP contribution < -0.4 is 10.5 Å². The number of hydrogen-bond donors (Lipinski definition) is 2. The number of imidazole rings is 1. The lowest BCUT2D eigenvalue weighted by Gasteiger charge is -2.04. The second-order valence-corrected chi connectivity index (χ2v) is 3.48. The Morgan fingerprint density at radius 1 is 1.47 bits per heavy atom. The van der Waals surface area contributed by atoms with Gasteiger partial charge in [0.2, 0.25) is 0 Å². The Balaban J connectivity index is 1.99. The summed E-state index contributed by atoms with van der Waals surface area (Å²) in [5.41, 5.74) is 6.25. The molecule has 0 spiro atoms. The van der Waals surface area contributed by atoms with Crippen molar-refractivity contribution in [1.82, 2.24) is 9.97 Å². The number of aromatic amines is 1. The molecule has 0 fully saturated rings. The van der Waals surface area contributed by atoms with Crippen molar-refractivity contribution in [3.05, 3.63) is 41.2 Å². The number of aromatic nitrogens is 2. The Morgan fingerprint density at radius 3 is 3.00 bits per heavy atom. The summed E-state index contributed by atoms with van der Waals surface area (Å²) in [7, 11) is 0. The maximum Gasteiger partial charge on any atom is 0.197 e. The topological polar surface area (TPSA) is 63.9 Å². The van der Waals surface area contributed by atoms with E-state index in [-0.39, 0.29) is 0 Å². The van der Waals surface area contributed by atoms with Crippen LogP contribution >= 0.6 is 11.6 Å². The van der Waals surface area contributed by atoms with Crippen molar-refractivity contribution in [3.63, 3.8) is 0 Å². The zero-order valence-corrected chi connectivity index (χ0v) is 8.66. The molecule has 0 aliphatic rings. The Bertz CT molecular complexity index is 455. The van der Waals surface area contributed by atoms with Crippen LogP contribution in [0.4, 0.5) is 5.95 Å².